The maximum absolute atomic E-state index is 4.55. The number of hydrogen-bond acceptors (Lipinski definition) is 6. The van der Waals surface area contributed by atoms with Gasteiger partial charge in [-0.1, -0.05) is 44.7 Å². The van der Waals surface area contributed by atoms with Crippen LogP contribution in [0.1, 0.15) is 27.7 Å². The maximum atomic E-state index is 4.55. The van der Waals surface area contributed by atoms with Crippen molar-refractivity contribution in [2.24, 2.45) is 0 Å². The number of hydrogen-bond donors (Lipinski definition) is 1. The van der Waals surface area contributed by atoms with Crippen molar-refractivity contribution in [2.45, 2.75) is 27.7 Å². The van der Waals surface area contributed by atoms with E-state index in [9.17, 15) is 0 Å². The van der Waals surface area contributed by atoms with Crippen LogP contribution in [0.25, 0.3) is 22.0 Å². The van der Waals surface area contributed by atoms with Crippen LogP contribution in [0, 0.1) is 0 Å². The molecule has 1 aliphatic heterocycles. The van der Waals surface area contributed by atoms with Gasteiger partial charge < -0.3 is 15.1 Å². The number of anilines is 1. The van der Waals surface area contributed by atoms with Crippen LogP contribution in [0.4, 0.5) is 5.82 Å². The highest BCUT2D eigenvalue weighted by molar-refractivity contribution is 5.88. The third kappa shape index (κ3) is 5.52. The molecule has 0 atom stereocenters. The molecule has 32 heavy (non-hydrogen) atoms. The maximum Gasteiger partial charge on any atom is 0.131 e. The Bertz CT molecular complexity index is 1120. The molecular weight excluding hydrogens is 396 g/mol. The molecule has 3 aromatic rings. The first-order valence-corrected chi connectivity index (χ1v) is 11.0. The molecule has 0 radical (unpaired) electrons. The lowest BCUT2D eigenvalue weighted by Gasteiger charge is -2.38. The van der Waals surface area contributed by atoms with E-state index in [2.05, 4.69) is 75.4 Å². The first-order valence-electron chi connectivity index (χ1n) is 11.0. The van der Waals surface area contributed by atoms with E-state index in [4.69, 9.17) is 0 Å². The molecule has 0 bridgehead atoms. The summed E-state index contributed by atoms with van der Waals surface area (Å²) in [5, 5.41) is 5.51. The number of allylic oxidation sites excluding steroid dienone is 1. The highest BCUT2D eigenvalue weighted by atomic mass is 15.3. The van der Waals surface area contributed by atoms with Gasteiger partial charge in [0.1, 0.15) is 5.82 Å². The first-order chi connectivity index (χ1) is 15.5. The van der Waals surface area contributed by atoms with Crippen molar-refractivity contribution >= 4 is 16.6 Å². The Kier molecular flexibility index (Phi) is 7.60. The van der Waals surface area contributed by atoms with Crippen LogP contribution in [0.2, 0.25) is 0 Å². The third-order valence-corrected chi connectivity index (χ3v) is 5.04. The molecule has 4 rings (SSSR count). The molecular formula is C26H32N6. The van der Waals surface area contributed by atoms with Gasteiger partial charge in [0, 0.05) is 54.5 Å². The summed E-state index contributed by atoms with van der Waals surface area (Å²) in [4.78, 5) is 17.5. The Balaban J connectivity index is 0.00000141. The van der Waals surface area contributed by atoms with Gasteiger partial charge in [-0.25, -0.2) is 4.98 Å². The number of nitrogens with zero attached hydrogens (tertiary/aromatic N) is 5. The van der Waals surface area contributed by atoms with Crippen LogP contribution in [-0.4, -0.2) is 44.4 Å². The summed E-state index contributed by atoms with van der Waals surface area (Å²) in [5.74, 6) is 1.59. The molecule has 0 amide bonds. The van der Waals surface area contributed by atoms with Crippen LogP contribution in [0.15, 0.2) is 85.5 Å². The molecule has 6 heteroatoms. The third-order valence-electron chi connectivity index (χ3n) is 5.04. The van der Waals surface area contributed by atoms with Crippen molar-refractivity contribution in [3.8, 4) is 11.3 Å². The van der Waals surface area contributed by atoms with Gasteiger partial charge in [0.15, 0.2) is 0 Å². The minimum absolute atomic E-state index is 0.736. The average molecular weight is 429 g/mol. The molecule has 2 aromatic heterocycles. The highest BCUT2D eigenvalue weighted by Crippen LogP contribution is 2.25. The van der Waals surface area contributed by atoms with Gasteiger partial charge in [-0.3, -0.25) is 9.97 Å². The molecule has 1 aliphatic rings. The summed E-state index contributed by atoms with van der Waals surface area (Å²) in [6, 6.07) is 8.23. The Hall–Kier alpha value is -3.67. The van der Waals surface area contributed by atoms with Crippen molar-refractivity contribution in [1.82, 2.24) is 24.8 Å². The van der Waals surface area contributed by atoms with E-state index in [1.54, 1.807) is 18.6 Å². The van der Waals surface area contributed by atoms with Crippen molar-refractivity contribution in [1.29, 1.82) is 0 Å². The van der Waals surface area contributed by atoms with Gasteiger partial charge in [-0.05, 0) is 31.4 Å². The number of benzene rings is 1. The summed E-state index contributed by atoms with van der Waals surface area (Å²) >= 11 is 0. The van der Waals surface area contributed by atoms with E-state index in [0.717, 1.165) is 59.0 Å². The lowest BCUT2D eigenvalue weighted by molar-refractivity contribution is 0.255. The topological polar surface area (TPSA) is 57.2 Å². The second-order valence-electron chi connectivity index (χ2n) is 7.68. The molecule has 0 spiro atoms. The van der Waals surface area contributed by atoms with Gasteiger partial charge in [-0.15, -0.1) is 0 Å². The summed E-state index contributed by atoms with van der Waals surface area (Å²) in [5.41, 5.74) is 4.20. The van der Waals surface area contributed by atoms with E-state index >= 15 is 0 Å². The fourth-order valence-electron chi connectivity index (χ4n) is 3.52. The zero-order chi connectivity index (χ0) is 23.1. The van der Waals surface area contributed by atoms with Crippen molar-refractivity contribution in [3.63, 3.8) is 0 Å². The van der Waals surface area contributed by atoms with E-state index in [-0.39, 0.29) is 0 Å². The molecule has 3 heterocycles. The molecule has 0 saturated carbocycles. The molecule has 166 valence electrons. The number of aromatic nitrogens is 3. The number of fused-ring (bicyclic) bond motifs is 1. The van der Waals surface area contributed by atoms with Crippen LogP contribution in [0.3, 0.4) is 0 Å². The first kappa shape index (κ1) is 23.0. The number of nitrogens with one attached hydrogen (secondary N) is 1. The van der Waals surface area contributed by atoms with E-state index in [1.165, 1.54) is 5.57 Å². The van der Waals surface area contributed by atoms with E-state index < -0.39 is 0 Å². The molecule has 1 aromatic carbocycles. The predicted octanol–water partition coefficient (Wildman–Crippen LogP) is 5.66. The van der Waals surface area contributed by atoms with Gasteiger partial charge >= 0.3 is 0 Å². The molecule has 0 aliphatic carbocycles. The molecule has 6 nitrogen and oxygen atoms in total. The van der Waals surface area contributed by atoms with Gasteiger partial charge in [-0.2, -0.15) is 0 Å². The van der Waals surface area contributed by atoms with Crippen LogP contribution in [0.5, 0.6) is 0 Å². The number of pyridine rings is 1. The SMILES string of the molecule is C=C1CN(C(=C)Nc2cc3cc(-c4cnccn4)ccc3cn2)CCN1C=C(C)C.CC. The standard InChI is InChI=1S/C24H26N6.C2H6/c1-17(2)15-29-9-10-30(16-18(29)3)19(4)28-24-12-22-11-20(5-6-21(22)13-27-24)23-14-25-7-8-26-23;1-2/h5-8,11-15H,3-4,9-10,16H2,1-2H3,(H,27,28);1-2H3. The van der Waals surface area contributed by atoms with Crippen molar-refractivity contribution in [3.05, 3.63) is 85.5 Å². The lowest BCUT2D eigenvalue weighted by atomic mass is 10.1. The van der Waals surface area contributed by atoms with Gasteiger partial charge in [0.05, 0.1) is 24.3 Å². The average Bonchev–Trinajstić information content (AvgIpc) is 2.81. The fourth-order valence-corrected chi connectivity index (χ4v) is 3.52. The molecule has 1 fully saturated rings. The smallest absolute Gasteiger partial charge is 0.131 e. The van der Waals surface area contributed by atoms with Crippen LogP contribution >= 0.6 is 0 Å². The minimum Gasteiger partial charge on any atom is -0.351 e. The minimum atomic E-state index is 0.736. The van der Waals surface area contributed by atoms with E-state index in [1.807, 2.05) is 32.2 Å². The Morgan fingerprint density at radius 3 is 2.53 bits per heavy atom. The number of piperazine rings is 1. The zero-order valence-corrected chi connectivity index (χ0v) is 19.5. The van der Waals surface area contributed by atoms with Crippen LogP contribution < -0.4 is 5.32 Å². The predicted molar refractivity (Wildman–Crippen MR) is 134 cm³/mol. The summed E-state index contributed by atoms with van der Waals surface area (Å²) in [6.07, 6.45) is 9.17. The number of rotatable bonds is 5. The van der Waals surface area contributed by atoms with Gasteiger partial charge in [0.25, 0.3) is 0 Å². The van der Waals surface area contributed by atoms with E-state index in [0.29, 0.717) is 0 Å². The van der Waals surface area contributed by atoms with Crippen molar-refractivity contribution in [2.75, 3.05) is 25.0 Å². The largest absolute Gasteiger partial charge is 0.351 e. The normalized spacial score (nSPS) is 13.3. The zero-order valence-electron chi connectivity index (χ0n) is 19.5. The lowest BCUT2D eigenvalue weighted by Crippen LogP contribution is -2.42. The highest BCUT2D eigenvalue weighted by Gasteiger charge is 2.19. The monoisotopic (exact) mass is 428 g/mol. The molecule has 0 unspecified atom stereocenters. The van der Waals surface area contributed by atoms with Gasteiger partial charge in [0.2, 0.25) is 0 Å². The Morgan fingerprint density at radius 1 is 1.03 bits per heavy atom. The second-order valence-corrected chi connectivity index (χ2v) is 7.68. The fraction of sp³-hybridized carbons (Fsp3) is 0.269. The van der Waals surface area contributed by atoms with Crippen LogP contribution in [-0.2, 0) is 0 Å². The second kappa shape index (κ2) is 10.6. The quantitative estimate of drug-likeness (QED) is 0.566. The Morgan fingerprint density at radius 2 is 1.84 bits per heavy atom. The summed E-state index contributed by atoms with van der Waals surface area (Å²) < 4.78 is 0. The Labute approximate surface area is 191 Å². The summed E-state index contributed by atoms with van der Waals surface area (Å²) in [6.45, 7) is 19.1. The summed E-state index contributed by atoms with van der Waals surface area (Å²) in [7, 11) is 0. The molecule has 1 N–H and O–H groups in total. The molecule has 1 saturated heterocycles. The van der Waals surface area contributed by atoms with Crippen molar-refractivity contribution < 1.29 is 0 Å².